The van der Waals surface area contributed by atoms with Gasteiger partial charge in [-0.3, -0.25) is 19.0 Å². The molecule has 0 fully saturated rings. The van der Waals surface area contributed by atoms with Crippen LogP contribution in [0.2, 0.25) is 0 Å². The Hall–Kier alpha value is -3.93. The molecule has 0 radical (unpaired) electrons. The molecule has 0 unspecified atom stereocenters. The van der Waals surface area contributed by atoms with Crippen molar-refractivity contribution in [2.24, 2.45) is 0 Å². The van der Waals surface area contributed by atoms with Crippen LogP contribution in [0.3, 0.4) is 0 Å². The highest BCUT2D eigenvalue weighted by Crippen LogP contribution is 2.13. The molecule has 0 saturated heterocycles. The number of nitrogens with zero attached hydrogens (tertiary/aromatic N) is 2. The molecule has 0 bridgehead atoms. The van der Waals surface area contributed by atoms with E-state index in [1.807, 2.05) is 73.7 Å². The fourth-order valence-electron chi connectivity index (χ4n) is 4.09. The second-order valence-electron chi connectivity index (χ2n) is 8.51. The largest absolute Gasteiger partial charge is 0.356 e. The van der Waals surface area contributed by atoms with Crippen LogP contribution in [0, 0.1) is 6.92 Å². The third kappa shape index (κ3) is 5.52. The normalized spacial score (nSPS) is 11.0. The topological polar surface area (TPSA) is 73.1 Å². The van der Waals surface area contributed by atoms with Gasteiger partial charge in [-0.2, -0.15) is 0 Å². The lowest BCUT2D eigenvalue weighted by Gasteiger charge is -2.15. The van der Waals surface area contributed by atoms with Gasteiger partial charge in [0.25, 0.3) is 0 Å². The van der Waals surface area contributed by atoms with Crippen molar-refractivity contribution in [3.63, 3.8) is 0 Å². The van der Waals surface area contributed by atoms with Gasteiger partial charge in [0, 0.05) is 19.5 Å². The van der Waals surface area contributed by atoms with Crippen molar-refractivity contribution in [3.8, 4) is 0 Å². The van der Waals surface area contributed by atoms with Gasteiger partial charge in [-0.05, 0) is 43.0 Å². The van der Waals surface area contributed by atoms with Crippen LogP contribution in [0.1, 0.15) is 29.5 Å². The molecule has 0 saturated carbocycles. The Balaban J connectivity index is 1.46. The maximum atomic E-state index is 13.0. The summed E-state index contributed by atoms with van der Waals surface area (Å²) in [4.78, 5) is 38.4. The molecular weight excluding hydrogens is 426 g/mol. The van der Waals surface area contributed by atoms with E-state index in [1.54, 1.807) is 0 Å². The molecule has 1 amide bonds. The smallest absolute Gasteiger partial charge is 0.317 e. The van der Waals surface area contributed by atoms with E-state index in [-0.39, 0.29) is 18.9 Å². The van der Waals surface area contributed by atoms with E-state index in [1.165, 1.54) is 14.7 Å². The number of benzene rings is 3. The van der Waals surface area contributed by atoms with Crippen LogP contribution in [-0.4, -0.2) is 21.6 Å². The number of nitrogens with one attached hydrogen (secondary N) is 1. The third-order valence-electron chi connectivity index (χ3n) is 5.97. The van der Waals surface area contributed by atoms with E-state index in [2.05, 4.69) is 17.4 Å². The lowest BCUT2D eigenvalue weighted by Crippen LogP contribution is -2.42. The van der Waals surface area contributed by atoms with Crippen LogP contribution in [0.25, 0.3) is 11.0 Å². The van der Waals surface area contributed by atoms with Gasteiger partial charge < -0.3 is 9.88 Å². The van der Waals surface area contributed by atoms with Gasteiger partial charge in [-0.15, -0.1) is 0 Å². The van der Waals surface area contributed by atoms with Gasteiger partial charge in [-0.25, -0.2) is 0 Å². The molecule has 6 heteroatoms. The summed E-state index contributed by atoms with van der Waals surface area (Å²) in [5, 5.41) is 2.92. The van der Waals surface area contributed by atoms with E-state index in [0.29, 0.717) is 24.1 Å². The highest BCUT2D eigenvalue weighted by Gasteiger charge is 2.14. The summed E-state index contributed by atoms with van der Waals surface area (Å²) in [6.45, 7) is 3.05. The number of aryl methyl sites for hydroxylation is 3. The van der Waals surface area contributed by atoms with Crippen molar-refractivity contribution in [2.75, 3.05) is 6.54 Å². The summed E-state index contributed by atoms with van der Waals surface area (Å²) in [6, 6.07) is 25.4. The molecule has 0 spiro atoms. The van der Waals surface area contributed by atoms with Gasteiger partial charge in [0.2, 0.25) is 5.91 Å². The standard InChI is InChI=1S/C28H29N3O3/c1-21-13-15-23(16-14-21)20-31-25-12-6-5-11-24(25)30(27(33)28(31)34)19-17-26(32)29-18-7-10-22-8-3-2-4-9-22/h2-6,8-9,11-16H,7,10,17-20H2,1H3,(H,29,32). The molecule has 4 rings (SSSR count). The number of carbonyl (C=O) groups excluding carboxylic acids is 1. The van der Waals surface area contributed by atoms with Gasteiger partial charge in [-0.1, -0.05) is 72.3 Å². The second-order valence-corrected chi connectivity index (χ2v) is 8.51. The van der Waals surface area contributed by atoms with Crippen LogP contribution >= 0.6 is 0 Å². The quantitative estimate of drug-likeness (QED) is 0.309. The molecule has 174 valence electrons. The number of fused-ring (bicyclic) bond motifs is 1. The molecule has 0 aliphatic carbocycles. The van der Waals surface area contributed by atoms with Gasteiger partial charge in [0.15, 0.2) is 0 Å². The van der Waals surface area contributed by atoms with Gasteiger partial charge in [0.05, 0.1) is 17.6 Å². The molecule has 1 N–H and O–H groups in total. The average molecular weight is 456 g/mol. The van der Waals surface area contributed by atoms with E-state index in [9.17, 15) is 14.4 Å². The number of hydrogen-bond acceptors (Lipinski definition) is 3. The molecule has 4 aromatic rings. The van der Waals surface area contributed by atoms with Crippen molar-refractivity contribution >= 4 is 16.9 Å². The second kappa shape index (κ2) is 10.8. The zero-order valence-corrected chi connectivity index (χ0v) is 19.4. The lowest BCUT2D eigenvalue weighted by atomic mass is 10.1. The Morgan fingerprint density at radius 3 is 2.09 bits per heavy atom. The molecule has 34 heavy (non-hydrogen) atoms. The van der Waals surface area contributed by atoms with Crippen molar-refractivity contribution in [3.05, 3.63) is 116 Å². The minimum Gasteiger partial charge on any atom is -0.356 e. The summed E-state index contributed by atoms with van der Waals surface area (Å²) >= 11 is 0. The van der Waals surface area contributed by atoms with E-state index in [4.69, 9.17) is 0 Å². The van der Waals surface area contributed by atoms with E-state index < -0.39 is 11.1 Å². The maximum Gasteiger partial charge on any atom is 0.317 e. The predicted molar refractivity (Wildman–Crippen MR) is 135 cm³/mol. The summed E-state index contributed by atoms with van der Waals surface area (Å²) < 4.78 is 2.94. The maximum absolute atomic E-state index is 13.0. The molecular formula is C28H29N3O3. The van der Waals surface area contributed by atoms with Crippen molar-refractivity contribution < 1.29 is 4.79 Å². The fraction of sp³-hybridized carbons (Fsp3) is 0.250. The lowest BCUT2D eigenvalue weighted by molar-refractivity contribution is -0.121. The zero-order chi connectivity index (χ0) is 23.9. The minimum absolute atomic E-state index is 0.132. The Morgan fingerprint density at radius 2 is 1.38 bits per heavy atom. The summed E-state index contributed by atoms with van der Waals surface area (Å²) in [6.07, 6.45) is 1.87. The summed E-state index contributed by atoms with van der Waals surface area (Å²) in [5.41, 5.74) is 3.46. The Kier molecular flexibility index (Phi) is 7.38. The first-order valence-electron chi connectivity index (χ1n) is 11.6. The SMILES string of the molecule is Cc1ccc(Cn2c(=O)c(=O)n(CCC(=O)NCCCc3ccccc3)c3ccccc32)cc1. The van der Waals surface area contributed by atoms with Gasteiger partial charge in [0.1, 0.15) is 0 Å². The van der Waals surface area contributed by atoms with Crippen LogP contribution in [-0.2, 0) is 24.3 Å². The highest BCUT2D eigenvalue weighted by molar-refractivity contribution is 5.77. The molecule has 0 atom stereocenters. The fourth-order valence-corrected chi connectivity index (χ4v) is 4.09. The molecule has 0 aliphatic heterocycles. The van der Waals surface area contributed by atoms with Gasteiger partial charge >= 0.3 is 11.1 Å². The van der Waals surface area contributed by atoms with Crippen molar-refractivity contribution in [1.29, 1.82) is 0 Å². The minimum atomic E-state index is -0.609. The van der Waals surface area contributed by atoms with E-state index >= 15 is 0 Å². The summed E-state index contributed by atoms with van der Waals surface area (Å²) in [7, 11) is 0. The number of aromatic nitrogens is 2. The Morgan fingerprint density at radius 1 is 0.765 bits per heavy atom. The Labute approximate surface area is 198 Å². The third-order valence-corrected chi connectivity index (χ3v) is 5.97. The van der Waals surface area contributed by atoms with E-state index in [0.717, 1.165) is 24.0 Å². The first kappa shape index (κ1) is 23.2. The number of rotatable bonds is 9. The number of amides is 1. The first-order chi connectivity index (χ1) is 16.5. The molecule has 0 aliphatic rings. The zero-order valence-electron chi connectivity index (χ0n) is 19.4. The van der Waals surface area contributed by atoms with Crippen molar-refractivity contribution in [1.82, 2.24) is 14.5 Å². The van der Waals surface area contributed by atoms with Crippen molar-refractivity contribution in [2.45, 2.75) is 39.3 Å². The summed E-state index contributed by atoms with van der Waals surface area (Å²) in [5.74, 6) is -0.132. The predicted octanol–water partition coefficient (Wildman–Crippen LogP) is 3.66. The first-order valence-corrected chi connectivity index (χ1v) is 11.6. The highest BCUT2D eigenvalue weighted by atomic mass is 16.2. The van der Waals surface area contributed by atoms with Crippen LogP contribution < -0.4 is 16.4 Å². The molecule has 3 aromatic carbocycles. The molecule has 6 nitrogen and oxygen atoms in total. The molecule has 1 heterocycles. The number of carbonyl (C=O) groups is 1. The monoisotopic (exact) mass is 455 g/mol. The van der Waals surface area contributed by atoms with Crippen LogP contribution in [0.4, 0.5) is 0 Å². The Bertz CT molecular complexity index is 1390. The average Bonchev–Trinajstić information content (AvgIpc) is 2.86. The molecule has 1 aromatic heterocycles. The number of para-hydroxylation sites is 2. The number of hydrogen-bond donors (Lipinski definition) is 1. The van der Waals surface area contributed by atoms with Crippen LogP contribution in [0.5, 0.6) is 0 Å². The van der Waals surface area contributed by atoms with Crippen LogP contribution in [0.15, 0.2) is 88.5 Å².